The summed E-state index contributed by atoms with van der Waals surface area (Å²) in [4.78, 5) is 0. The van der Waals surface area contributed by atoms with Crippen molar-refractivity contribution in [2.75, 3.05) is 17.1 Å². The minimum absolute atomic E-state index is 0.744. The van der Waals surface area contributed by atoms with Crippen LogP contribution in [0, 0.1) is 0 Å². The van der Waals surface area contributed by atoms with Gasteiger partial charge in [0, 0.05) is 23.6 Å². The minimum atomic E-state index is 0.744. The first-order chi connectivity index (χ1) is 18.2. The van der Waals surface area contributed by atoms with Crippen LogP contribution < -0.4 is 10.0 Å². The second-order valence-corrected chi connectivity index (χ2v) is 8.96. The molecule has 0 N–H and O–H groups in total. The molecule has 0 bridgehead atoms. The van der Waals surface area contributed by atoms with Crippen molar-refractivity contribution in [2.24, 2.45) is 10.2 Å². The average molecular weight is 483 g/mol. The van der Waals surface area contributed by atoms with E-state index in [1.165, 1.54) is 0 Å². The maximum absolute atomic E-state index is 6.10. The summed E-state index contributed by atoms with van der Waals surface area (Å²) < 4.78 is 6.10. The van der Waals surface area contributed by atoms with Crippen LogP contribution in [0.25, 0.3) is 23.1 Å². The van der Waals surface area contributed by atoms with Gasteiger partial charge < -0.3 is 4.42 Å². The number of para-hydroxylation sites is 3. The summed E-state index contributed by atoms with van der Waals surface area (Å²) in [6, 6.07) is 34.8. The number of furan rings is 1. The first-order valence-corrected chi connectivity index (χ1v) is 12.2. The fourth-order valence-electron chi connectivity index (χ4n) is 4.50. The van der Waals surface area contributed by atoms with Crippen molar-refractivity contribution < 1.29 is 4.42 Å². The summed E-state index contributed by atoms with van der Waals surface area (Å²) in [5.74, 6) is 0.744. The van der Waals surface area contributed by atoms with Crippen LogP contribution in [-0.4, -0.2) is 19.0 Å². The zero-order valence-corrected chi connectivity index (χ0v) is 20.7. The van der Waals surface area contributed by atoms with Crippen molar-refractivity contribution in [1.29, 1.82) is 0 Å². The van der Waals surface area contributed by atoms with Gasteiger partial charge in [0.05, 0.1) is 23.3 Å². The van der Waals surface area contributed by atoms with E-state index in [1.54, 1.807) is 0 Å². The van der Waals surface area contributed by atoms with Crippen molar-refractivity contribution in [3.63, 3.8) is 0 Å². The third-order valence-corrected chi connectivity index (χ3v) is 6.42. The van der Waals surface area contributed by atoms with Gasteiger partial charge >= 0.3 is 0 Å². The molecule has 0 spiro atoms. The molecular weight excluding hydrogens is 456 g/mol. The fourth-order valence-corrected chi connectivity index (χ4v) is 4.50. The summed E-state index contributed by atoms with van der Waals surface area (Å²) >= 11 is 0. The average Bonchev–Trinajstić information content (AvgIpc) is 3.30. The number of hydrogen-bond donors (Lipinski definition) is 0. The number of rotatable bonds is 5. The highest BCUT2D eigenvalue weighted by molar-refractivity contribution is 6.01. The second kappa shape index (κ2) is 9.63. The van der Waals surface area contributed by atoms with Crippen molar-refractivity contribution in [1.82, 2.24) is 0 Å². The van der Waals surface area contributed by atoms with E-state index < -0.39 is 0 Å². The lowest BCUT2D eigenvalue weighted by Gasteiger charge is -2.21. The van der Waals surface area contributed by atoms with E-state index in [1.807, 2.05) is 103 Å². The maximum atomic E-state index is 6.10. The SMILES string of the molecule is CC(=NN(C)c1ccccc1)c1cc2cc(C=NN3c4ccccc4C=Cc4ccccc43)ccc2o1. The van der Waals surface area contributed by atoms with E-state index in [-0.39, 0.29) is 0 Å². The third kappa shape index (κ3) is 4.55. The number of nitrogens with zero attached hydrogens (tertiary/aromatic N) is 4. The molecule has 0 amide bonds. The zero-order chi connectivity index (χ0) is 25.2. The molecule has 0 saturated carbocycles. The maximum Gasteiger partial charge on any atom is 0.151 e. The number of anilines is 3. The van der Waals surface area contributed by atoms with E-state index in [0.29, 0.717) is 0 Å². The van der Waals surface area contributed by atoms with Gasteiger partial charge in [-0.05, 0) is 61.0 Å². The predicted octanol–water partition coefficient (Wildman–Crippen LogP) is 7.95. The Kier molecular flexibility index (Phi) is 5.87. The number of hydrazone groups is 2. The van der Waals surface area contributed by atoms with Crippen LogP contribution in [0.5, 0.6) is 0 Å². The quantitative estimate of drug-likeness (QED) is 0.189. The summed E-state index contributed by atoms with van der Waals surface area (Å²) in [6.45, 7) is 1.96. The van der Waals surface area contributed by atoms with Gasteiger partial charge in [-0.25, -0.2) is 5.01 Å². The molecule has 0 radical (unpaired) electrons. The lowest BCUT2D eigenvalue weighted by molar-refractivity contribution is 0.603. The van der Waals surface area contributed by atoms with E-state index in [2.05, 4.69) is 42.5 Å². The summed E-state index contributed by atoms with van der Waals surface area (Å²) in [5.41, 5.74) is 7.97. The van der Waals surface area contributed by atoms with Crippen LogP contribution >= 0.6 is 0 Å². The van der Waals surface area contributed by atoms with Gasteiger partial charge in [-0.1, -0.05) is 66.7 Å². The summed E-state index contributed by atoms with van der Waals surface area (Å²) in [5, 5.41) is 14.5. The highest BCUT2D eigenvalue weighted by atomic mass is 16.3. The predicted molar refractivity (Wildman–Crippen MR) is 155 cm³/mol. The van der Waals surface area contributed by atoms with Crippen molar-refractivity contribution in [2.45, 2.75) is 6.92 Å². The molecule has 5 heteroatoms. The molecule has 0 aliphatic carbocycles. The van der Waals surface area contributed by atoms with Gasteiger partial charge in [0.25, 0.3) is 0 Å². The summed E-state index contributed by atoms with van der Waals surface area (Å²) in [7, 11) is 1.94. The molecule has 6 rings (SSSR count). The Balaban J connectivity index is 1.30. The van der Waals surface area contributed by atoms with Gasteiger partial charge in [-0.15, -0.1) is 0 Å². The lowest BCUT2D eigenvalue weighted by atomic mass is 10.1. The molecular formula is C32H26N4O. The summed E-state index contributed by atoms with van der Waals surface area (Å²) in [6.07, 6.45) is 6.18. The van der Waals surface area contributed by atoms with Crippen LogP contribution in [0.4, 0.5) is 17.1 Å². The van der Waals surface area contributed by atoms with Crippen LogP contribution in [-0.2, 0) is 0 Å². The molecule has 0 saturated heterocycles. The van der Waals surface area contributed by atoms with Gasteiger partial charge in [0.15, 0.2) is 5.76 Å². The molecule has 1 aromatic heterocycles. The standard InChI is InChI=1S/C32H26N4O/c1-23(34-35(2)28-12-4-3-5-13-28)32-21-27-20-24(16-19-31(27)37-32)22-33-36-29-14-8-6-10-25(29)17-18-26-11-7-9-15-30(26)36/h3-22H,1-2H3. The zero-order valence-electron chi connectivity index (χ0n) is 20.7. The highest BCUT2D eigenvalue weighted by Crippen LogP contribution is 2.36. The van der Waals surface area contributed by atoms with Crippen LogP contribution in [0.15, 0.2) is 118 Å². The number of benzene rings is 4. The van der Waals surface area contributed by atoms with Gasteiger partial charge in [0.1, 0.15) is 11.3 Å². The molecule has 5 nitrogen and oxygen atoms in total. The number of fused-ring (bicyclic) bond motifs is 3. The lowest BCUT2D eigenvalue weighted by Crippen LogP contribution is -2.11. The van der Waals surface area contributed by atoms with Gasteiger partial charge in [-0.3, -0.25) is 5.01 Å². The minimum Gasteiger partial charge on any atom is -0.455 e. The molecule has 37 heavy (non-hydrogen) atoms. The molecule has 4 aromatic carbocycles. The molecule has 5 aromatic rings. The van der Waals surface area contributed by atoms with E-state index >= 15 is 0 Å². The smallest absolute Gasteiger partial charge is 0.151 e. The Bertz CT molecular complexity index is 1610. The van der Waals surface area contributed by atoms with Gasteiger partial charge in [0.2, 0.25) is 0 Å². The van der Waals surface area contributed by atoms with Gasteiger partial charge in [-0.2, -0.15) is 10.2 Å². The van der Waals surface area contributed by atoms with Crippen LogP contribution in [0.3, 0.4) is 0 Å². The molecule has 1 aliphatic rings. The van der Waals surface area contributed by atoms with E-state index in [4.69, 9.17) is 14.6 Å². The molecule has 0 unspecified atom stereocenters. The molecule has 0 fully saturated rings. The molecule has 180 valence electrons. The van der Waals surface area contributed by atoms with Crippen molar-refractivity contribution in [3.8, 4) is 0 Å². The first-order valence-electron chi connectivity index (χ1n) is 12.2. The van der Waals surface area contributed by atoms with Crippen LogP contribution in [0.2, 0.25) is 0 Å². The van der Waals surface area contributed by atoms with E-state index in [9.17, 15) is 0 Å². The highest BCUT2D eigenvalue weighted by Gasteiger charge is 2.16. The normalized spacial score (nSPS) is 13.0. The Hall–Kier alpha value is -4.90. The Morgan fingerprint density at radius 3 is 2.14 bits per heavy atom. The Morgan fingerprint density at radius 1 is 0.784 bits per heavy atom. The Labute approximate surface area is 216 Å². The largest absolute Gasteiger partial charge is 0.455 e. The van der Waals surface area contributed by atoms with E-state index in [0.717, 1.165) is 56.2 Å². The van der Waals surface area contributed by atoms with Crippen molar-refractivity contribution in [3.05, 3.63) is 126 Å². The third-order valence-electron chi connectivity index (χ3n) is 6.42. The molecule has 0 atom stereocenters. The second-order valence-electron chi connectivity index (χ2n) is 8.96. The topological polar surface area (TPSA) is 44.3 Å². The Morgan fingerprint density at radius 2 is 1.43 bits per heavy atom. The number of hydrogen-bond acceptors (Lipinski definition) is 5. The molecule has 2 heterocycles. The van der Waals surface area contributed by atoms with Crippen LogP contribution in [0.1, 0.15) is 29.4 Å². The molecule has 1 aliphatic heterocycles. The monoisotopic (exact) mass is 482 g/mol. The van der Waals surface area contributed by atoms with Crippen molar-refractivity contribution >= 4 is 52.1 Å². The fraction of sp³-hybridized carbons (Fsp3) is 0.0625. The first kappa shape index (κ1) is 22.6.